The molecule has 0 saturated carbocycles. The maximum atomic E-state index is 13.0. The lowest BCUT2D eigenvalue weighted by Gasteiger charge is -2.31. The molecular formula is C19H18FN3O2. The second-order valence-electron chi connectivity index (χ2n) is 6.40. The van der Waals surface area contributed by atoms with Gasteiger partial charge in [-0.15, -0.1) is 0 Å². The Bertz CT molecular complexity index is 916. The first-order chi connectivity index (χ1) is 12.1. The Labute approximate surface area is 144 Å². The van der Waals surface area contributed by atoms with Crippen LogP contribution >= 0.6 is 0 Å². The SMILES string of the molecule is CC(C(=O)Nc1ccc2nc(-c3ccc(F)cc3)oc2c1)C1CNC1. The zero-order valence-corrected chi connectivity index (χ0v) is 13.8. The average Bonchev–Trinajstić information content (AvgIpc) is 2.97. The molecule has 2 aromatic carbocycles. The summed E-state index contributed by atoms with van der Waals surface area (Å²) in [5.41, 5.74) is 2.65. The predicted octanol–water partition coefficient (Wildman–Crippen LogP) is 3.43. The summed E-state index contributed by atoms with van der Waals surface area (Å²) in [7, 11) is 0. The van der Waals surface area contributed by atoms with E-state index in [-0.39, 0.29) is 17.6 Å². The van der Waals surface area contributed by atoms with Crippen LogP contribution in [0, 0.1) is 17.7 Å². The van der Waals surface area contributed by atoms with Gasteiger partial charge in [0.1, 0.15) is 11.3 Å². The molecule has 4 rings (SSSR count). The van der Waals surface area contributed by atoms with Gasteiger partial charge in [-0.2, -0.15) is 0 Å². The number of benzene rings is 2. The third kappa shape index (κ3) is 3.13. The Morgan fingerprint density at radius 3 is 2.72 bits per heavy atom. The van der Waals surface area contributed by atoms with E-state index in [0.717, 1.165) is 13.1 Å². The van der Waals surface area contributed by atoms with E-state index in [4.69, 9.17) is 4.42 Å². The van der Waals surface area contributed by atoms with Crippen LogP contribution < -0.4 is 10.6 Å². The molecule has 0 radical (unpaired) electrons. The zero-order chi connectivity index (χ0) is 17.4. The van der Waals surface area contributed by atoms with Crippen molar-refractivity contribution in [3.63, 3.8) is 0 Å². The predicted molar refractivity (Wildman–Crippen MR) is 93.6 cm³/mol. The monoisotopic (exact) mass is 339 g/mol. The van der Waals surface area contributed by atoms with Gasteiger partial charge >= 0.3 is 0 Å². The van der Waals surface area contributed by atoms with Gasteiger partial charge in [0.05, 0.1) is 0 Å². The molecule has 1 atom stereocenters. The average molecular weight is 339 g/mol. The van der Waals surface area contributed by atoms with E-state index in [2.05, 4.69) is 15.6 Å². The van der Waals surface area contributed by atoms with Crippen molar-refractivity contribution in [3.8, 4) is 11.5 Å². The molecule has 0 bridgehead atoms. The summed E-state index contributed by atoms with van der Waals surface area (Å²) >= 11 is 0. The number of hydrogen-bond donors (Lipinski definition) is 2. The Kier molecular flexibility index (Phi) is 3.97. The molecule has 0 aliphatic carbocycles. The molecule has 128 valence electrons. The van der Waals surface area contributed by atoms with E-state index in [0.29, 0.717) is 34.2 Å². The van der Waals surface area contributed by atoms with Crippen molar-refractivity contribution in [1.29, 1.82) is 0 Å². The Morgan fingerprint density at radius 1 is 1.28 bits per heavy atom. The highest BCUT2D eigenvalue weighted by atomic mass is 19.1. The molecule has 2 heterocycles. The quantitative estimate of drug-likeness (QED) is 0.764. The van der Waals surface area contributed by atoms with Crippen LogP contribution in [0.15, 0.2) is 46.9 Å². The number of amides is 1. The molecule has 1 aliphatic rings. The minimum Gasteiger partial charge on any atom is -0.436 e. The number of oxazole rings is 1. The molecule has 5 nitrogen and oxygen atoms in total. The van der Waals surface area contributed by atoms with E-state index in [9.17, 15) is 9.18 Å². The maximum Gasteiger partial charge on any atom is 0.227 e. The van der Waals surface area contributed by atoms with Crippen molar-refractivity contribution in [2.45, 2.75) is 6.92 Å². The van der Waals surface area contributed by atoms with Crippen LogP contribution in [-0.4, -0.2) is 24.0 Å². The third-order valence-electron chi connectivity index (χ3n) is 4.68. The smallest absolute Gasteiger partial charge is 0.227 e. The van der Waals surface area contributed by atoms with Gasteiger partial charge in [0.25, 0.3) is 0 Å². The molecule has 6 heteroatoms. The standard InChI is InChI=1S/C19H18FN3O2/c1-11(13-9-21-10-13)18(24)22-15-6-7-16-17(8-15)25-19(23-16)12-2-4-14(20)5-3-12/h2-8,11,13,21H,9-10H2,1H3,(H,22,24). The topological polar surface area (TPSA) is 67.2 Å². The number of carbonyl (C=O) groups excluding carboxylic acids is 1. The van der Waals surface area contributed by atoms with Crippen molar-refractivity contribution in [1.82, 2.24) is 10.3 Å². The summed E-state index contributed by atoms with van der Waals surface area (Å²) in [6.45, 7) is 3.72. The number of carbonyl (C=O) groups is 1. The molecule has 1 fully saturated rings. The minimum absolute atomic E-state index is 0.00382. The fourth-order valence-corrected chi connectivity index (χ4v) is 2.85. The molecule has 1 aromatic heterocycles. The number of halogens is 1. The summed E-state index contributed by atoms with van der Waals surface area (Å²) in [5, 5.41) is 6.12. The molecule has 3 aromatic rings. The molecule has 1 aliphatic heterocycles. The van der Waals surface area contributed by atoms with Crippen LogP contribution in [-0.2, 0) is 4.79 Å². The van der Waals surface area contributed by atoms with Gasteiger partial charge < -0.3 is 15.1 Å². The summed E-state index contributed by atoms with van der Waals surface area (Å²) in [6, 6.07) is 11.4. The maximum absolute atomic E-state index is 13.0. The van der Waals surface area contributed by atoms with Gasteiger partial charge in [-0.05, 0) is 55.4 Å². The van der Waals surface area contributed by atoms with Gasteiger partial charge in [-0.25, -0.2) is 9.37 Å². The third-order valence-corrected chi connectivity index (χ3v) is 4.68. The summed E-state index contributed by atoms with van der Waals surface area (Å²) in [6.07, 6.45) is 0. The first kappa shape index (κ1) is 15.8. The molecule has 25 heavy (non-hydrogen) atoms. The normalized spacial score (nSPS) is 15.8. The van der Waals surface area contributed by atoms with Crippen molar-refractivity contribution >= 4 is 22.7 Å². The fraction of sp³-hybridized carbons (Fsp3) is 0.263. The van der Waals surface area contributed by atoms with Crippen LogP contribution in [0.1, 0.15) is 6.92 Å². The van der Waals surface area contributed by atoms with Gasteiger partial charge in [-0.1, -0.05) is 6.92 Å². The summed E-state index contributed by atoms with van der Waals surface area (Å²) in [5.74, 6) is 0.470. The highest BCUT2D eigenvalue weighted by molar-refractivity contribution is 5.94. The number of nitrogens with zero attached hydrogens (tertiary/aromatic N) is 1. The highest BCUT2D eigenvalue weighted by Gasteiger charge is 2.28. The number of hydrogen-bond acceptors (Lipinski definition) is 4. The van der Waals surface area contributed by atoms with E-state index in [1.165, 1.54) is 12.1 Å². The van der Waals surface area contributed by atoms with Crippen LogP contribution in [0.3, 0.4) is 0 Å². The Morgan fingerprint density at radius 2 is 2.04 bits per heavy atom. The lowest BCUT2D eigenvalue weighted by atomic mass is 9.88. The summed E-state index contributed by atoms with van der Waals surface area (Å²) < 4.78 is 18.8. The molecule has 0 spiro atoms. The van der Waals surface area contributed by atoms with E-state index < -0.39 is 0 Å². The Balaban J connectivity index is 1.55. The zero-order valence-electron chi connectivity index (χ0n) is 13.8. The minimum atomic E-state index is -0.305. The first-order valence-corrected chi connectivity index (χ1v) is 8.28. The van der Waals surface area contributed by atoms with E-state index >= 15 is 0 Å². The van der Waals surface area contributed by atoms with Crippen LogP contribution in [0.4, 0.5) is 10.1 Å². The van der Waals surface area contributed by atoms with Gasteiger partial charge in [0.15, 0.2) is 5.58 Å². The van der Waals surface area contributed by atoms with Crippen molar-refractivity contribution in [2.75, 3.05) is 18.4 Å². The van der Waals surface area contributed by atoms with E-state index in [1.54, 1.807) is 24.3 Å². The van der Waals surface area contributed by atoms with Gasteiger partial charge in [0.2, 0.25) is 11.8 Å². The molecular weight excluding hydrogens is 321 g/mol. The number of anilines is 1. The molecule has 2 N–H and O–H groups in total. The summed E-state index contributed by atoms with van der Waals surface area (Å²) in [4.78, 5) is 16.7. The molecule has 1 unspecified atom stereocenters. The van der Waals surface area contributed by atoms with Crippen molar-refractivity contribution < 1.29 is 13.6 Å². The fourth-order valence-electron chi connectivity index (χ4n) is 2.85. The molecule has 1 amide bonds. The largest absolute Gasteiger partial charge is 0.436 e. The lowest BCUT2D eigenvalue weighted by molar-refractivity contribution is -0.121. The number of rotatable bonds is 4. The van der Waals surface area contributed by atoms with Crippen molar-refractivity contribution in [2.24, 2.45) is 11.8 Å². The van der Waals surface area contributed by atoms with Gasteiger partial charge in [0, 0.05) is 23.2 Å². The van der Waals surface area contributed by atoms with E-state index in [1.807, 2.05) is 13.0 Å². The highest BCUT2D eigenvalue weighted by Crippen LogP contribution is 2.27. The molecule has 1 saturated heterocycles. The van der Waals surface area contributed by atoms with Crippen LogP contribution in [0.25, 0.3) is 22.6 Å². The van der Waals surface area contributed by atoms with Crippen LogP contribution in [0.2, 0.25) is 0 Å². The van der Waals surface area contributed by atoms with Gasteiger partial charge in [-0.3, -0.25) is 4.79 Å². The number of nitrogens with one attached hydrogen (secondary N) is 2. The van der Waals surface area contributed by atoms with Crippen LogP contribution in [0.5, 0.6) is 0 Å². The second-order valence-corrected chi connectivity index (χ2v) is 6.40. The second kappa shape index (κ2) is 6.29. The van der Waals surface area contributed by atoms with Crippen molar-refractivity contribution in [3.05, 3.63) is 48.3 Å². The lowest BCUT2D eigenvalue weighted by Crippen LogP contribution is -2.48. The number of aromatic nitrogens is 1. The first-order valence-electron chi connectivity index (χ1n) is 8.28. The number of fused-ring (bicyclic) bond motifs is 1. The Hall–Kier alpha value is -2.73.